The fourth-order valence-corrected chi connectivity index (χ4v) is 9.32. The summed E-state index contributed by atoms with van der Waals surface area (Å²) in [4.78, 5) is 5.05. The molecule has 50 heavy (non-hydrogen) atoms. The van der Waals surface area contributed by atoms with E-state index in [4.69, 9.17) is 0 Å². The van der Waals surface area contributed by atoms with E-state index in [2.05, 4.69) is 184 Å². The van der Waals surface area contributed by atoms with Gasteiger partial charge >= 0.3 is 0 Å². The first-order chi connectivity index (χ1) is 24.1. The first-order valence-electron chi connectivity index (χ1n) is 17.8. The van der Waals surface area contributed by atoms with Crippen molar-refractivity contribution in [3.05, 3.63) is 156 Å². The zero-order valence-electron chi connectivity index (χ0n) is 29.7. The molecule has 3 aliphatic heterocycles. The quantitative estimate of drug-likeness (QED) is 0.190. The Kier molecular flexibility index (Phi) is 6.99. The number of fused-ring (bicyclic) bond motifs is 6. The van der Waals surface area contributed by atoms with Crippen molar-refractivity contribution in [2.45, 2.75) is 52.4 Å². The molecule has 5 heteroatoms. The Morgan fingerprint density at radius 3 is 2.10 bits per heavy atom. The molecule has 6 aromatic rings. The number of nitrogens with one attached hydrogen (secondary N) is 1. The Morgan fingerprint density at radius 1 is 0.640 bits per heavy atom. The van der Waals surface area contributed by atoms with E-state index in [-0.39, 0.29) is 17.5 Å². The molecule has 0 spiro atoms. The minimum atomic E-state index is 0.0408. The van der Waals surface area contributed by atoms with Gasteiger partial charge in [-0.1, -0.05) is 120 Å². The minimum Gasteiger partial charge on any atom is -0.384 e. The van der Waals surface area contributed by atoms with Crippen molar-refractivity contribution >= 4 is 61.1 Å². The largest absolute Gasteiger partial charge is 0.384 e. The number of allylic oxidation sites excluding steroid dienone is 1. The predicted molar refractivity (Wildman–Crippen MR) is 216 cm³/mol. The summed E-state index contributed by atoms with van der Waals surface area (Å²) in [6.07, 6.45) is 2.27. The van der Waals surface area contributed by atoms with Gasteiger partial charge in [0.25, 0.3) is 6.71 Å². The maximum Gasteiger partial charge on any atom is 0.264 e. The van der Waals surface area contributed by atoms with Crippen molar-refractivity contribution in [2.24, 2.45) is 0 Å². The van der Waals surface area contributed by atoms with E-state index < -0.39 is 0 Å². The molecule has 0 bridgehead atoms. The molecule has 0 unspecified atom stereocenters. The van der Waals surface area contributed by atoms with Gasteiger partial charge in [0.1, 0.15) is 0 Å². The van der Waals surface area contributed by atoms with E-state index in [1.807, 2.05) is 11.3 Å². The lowest BCUT2D eigenvalue weighted by atomic mass is 9.35. The standard InChI is InChI=1S/C45H42BN3S/c1-44(2,3)31-21-19-29(20-22-31)30-13-12-16-34(25-30)49-39-28-47-27-38-41(39)46(36-17-10-11-18-37(36)48(38)33-14-8-7-9-15-33)43-42(49)35-26-32(45(4,5)6)23-24-40(35)50-43/h7-26,28,47H,27H2,1-6H3. The lowest BCUT2D eigenvalue weighted by Gasteiger charge is -2.46. The molecular formula is C45H42BN3S. The fourth-order valence-electron chi connectivity index (χ4n) is 8.02. The van der Waals surface area contributed by atoms with Crippen LogP contribution in [0.15, 0.2) is 144 Å². The number of para-hydroxylation sites is 2. The highest BCUT2D eigenvalue weighted by Gasteiger charge is 2.47. The van der Waals surface area contributed by atoms with E-state index in [0.29, 0.717) is 0 Å². The summed E-state index contributed by atoms with van der Waals surface area (Å²) in [6, 6.07) is 45.3. The lowest BCUT2D eigenvalue weighted by Crippen LogP contribution is -2.57. The van der Waals surface area contributed by atoms with E-state index in [0.717, 1.165) is 6.54 Å². The van der Waals surface area contributed by atoms with Gasteiger partial charge in [0.05, 0.1) is 17.9 Å². The van der Waals surface area contributed by atoms with Gasteiger partial charge in [-0.05, 0) is 86.5 Å². The summed E-state index contributed by atoms with van der Waals surface area (Å²) < 4.78 is 2.75. The predicted octanol–water partition coefficient (Wildman–Crippen LogP) is 10.3. The Morgan fingerprint density at radius 2 is 1.34 bits per heavy atom. The lowest BCUT2D eigenvalue weighted by molar-refractivity contribution is 0.590. The van der Waals surface area contributed by atoms with Crippen LogP contribution in [0.25, 0.3) is 21.2 Å². The molecule has 3 nitrogen and oxygen atoms in total. The van der Waals surface area contributed by atoms with E-state index in [1.54, 1.807) is 0 Å². The number of thiophene rings is 1. The van der Waals surface area contributed by atoms with Gasteiger partial charge in [-0.2, -0.15) is 0 Å². The van der Waals surface area contributed by atoms with Crippen molar-refractivity contribution in [2.75, 3.05) is 16.3 Å². The second kappa shape index (κ2) is 11.3. The molecule has 246 valence electrons. The molecule has 0 atom stereocenters. The average molecular weight is 668 g/mol. The third-order valence-electron chi connectivity index (χ3n) is 10.6. The molecular weight excluding hydrogens is 625 g/mol. The maximum atomic E-state index is 3.74. The average Bonchev–Trinajstić information content (AvgIpc) is 3.50. The molecule has 3 aliphatic rings. The third kappa shape index (κ3) is 4.86. The molecule has 5 aromatic carbocycles. The van der Waals surface area contributed by atoms with Gasteiger partial charge in [-0.25, -0.2) is 0 Å². The van der Waals surface area contributed by atoms with Gasteiger partial charge in [0, 0.05) is 43.8 Å². The molecule has 0 saturated heterocycles. The molecule has 1 aromatic heterocycles. The van der Waals surface area contributed by atoms with Gasteiger partial charge < -0.3 is 15.1 Å². The number of benzene rings is 5. The Balaban J connectivity index is 1.31. The molecule has 0 radical (unpaired) electrons. The Bertz CT molecular complexity index is 2350. The number of dihydropyridines is 1. The van der Waals surface area contributed by atoms with Gasteiger partial charge in [-0.3, -0.25) is 0 Å². The smallest absolute Gasteiger partial charge is 0.264 e. The van der Waals surface area contributed by atoms with Crippen LogP contribution >= 0.6 is 11.3 Å². The zero-order chi connectivity index (χ0) is 34.4. The van der Waals surface area contributed by atoms with Crippen molar-refractivity contribution < 1.29 is 0 Å². The van der Waals surface area contributed by atoms with E-state index >= 15 is 0 Å². The highest BCUT2D eigenvalue weighted by Crippen LogP contribution is 2.49. The first-order valence-corrected chi connectivity index (χ1v) is 18.6. The summed E-state index contributed by atoms with van der Waals surface area (Å²) in [5, 5.41) is 5.07. The molecule has 0 fully saturated rings. The van der Waals surface area contributed by atoms with Crippen LogP contribution in [0.1, 0.15) is 52.7 Å². The van der Waals surface area contributed by atoms with Crippen molar-refractivity contribution in [3.8, 4) is 11.1 Å². The van der Waals surface area contributed by atoms with E-state index in [1.165, 1.54) is 82.2 Å². The van der Waals surface area contributed by atoms with Crippen LogP contribution in [0.4, 0.5) is 22.7 Å². The van der Waals surface area contributed by atoms with Crippen LogP contribution in [-0.2, 0) is 10.8 Å². The summed E-state index contributed by atoms with van der Waals surface area (Å²) in [5.74, 6) is 0. The minimum absolute atomic E-state index is 0.0408. The SMILES string of the molecule is CC(C)(C)c1ccc(-c2cccc(N3C4=CNCC5=C4B(c4ccccc4N5c4ccccc4)c4sc5ccc(C(C)(C)C)cc5c43)c2)cc1. The van der Waals surface area contributed by atoms with Crippen LogP contribution in [0, 0.1) is 0 Å². The number of anilines is 4. The summed E-state index contributed by atoms with van der Waals surface area (Å²) in [7, 11) is 0. The normalized spacial score (nSPS) is 15.4. The van der Waals surface area contributed by atoms with Crippen molar-refractivity contribution in [3.63, 3.8) is 0 Å². The number of hydrogen-bond donors (Lipinski definition) is 1. The van der Waals surface area contributed by atoms with Gasteiger partial charge in [-0.15, -0.1) is 11.3 Å². The molecule has 1 N–H and O–H groups in total. The molecule has 0 aliphatic carbocycles. The molecule has 9 rings (SSSR count). The highest BCUT2D eigenvalue weighted by molar-refractivity contribution is 7.32. The van der Waals surface area contributed by atoms with E-state index in [9.17, 15) is 0 Å². The van der Waals surface area contributed by atoms with Crippen LogP contribution in [-0.4, -0.2) is 13.3 Å². The highest BCUT2D eigenvalue weighted by atomic mass is 32.1. The first kappa shape index (κ1) is 31.0. The molecule has 4 heterocycles. The van der Waals surface area contributed by atoms with Gasteiger partial charge in [0.15, 0.2) is 0 Å². The second-order valence-corrected chi connectivity index (χ2v) is 17.0. The Labute approximate surface area is 300 Å². The van der Waals surface area contributed by atoms with Crippen LogP contribution < -0.4 is 25.4 Å². The number of nitrogens with zero attached hydrogens (tertiary/aromatic N) is 2. The number of hydrogen-bond acceptors (Lipinski definition) is 4. The van der Waals surface area contributed by atoms with Crippen LogP contribution in [0.3, 0.4) is 0 Å². The molecule has 0 saturated carbocycles. The summed E-state index contributed by atoms with van der Waals surface area (Å²) >= 11 is 1.96. The van der Waals surface area contributed by atoms with Crippen molar-refractivity contribution in [1.29, 1.82) is 0 Å². The third-order valence-corrected chi connectivity index (χ3v) is 11.9. The summed E-state index contributed by atoms with van der Waals surface area (Å²) in [6.45, 7) is 14.7. The Hall–Kier alpha value is -5.00. The summed E-state index contributed by atoms with van der Waals surface area (Å²) in [5.41, 5.74) is 15.5. The van der Waals surface area contributed by atoms with Crippen molar-refractivity contribution in [1.82, 2.24) is 5.32 Å². The maximum absolute atomic E-state index is 3.74. The van der Waals surface area contributed by atoms with Crippen LogP contribution in [0.5, 0.6) is 0 Å². The molecule has 0 amide bonds. The topological polar surface area (TPSA) is 18.5 Å². The zero-order valence-corrected chi connectivity index (χ0v) is 30.5. The second-order valence-electron chi connectivity index (χ2n) is 15.9. The monoisotopic (exact) mass is 667 g/mol. The van der Waals surface area contributed by atoms with Gasteiger partial charge in [0.2, 0.25) is 0 Å². The fraction of sp³-hybridized carbons (Fsp3) is 0.200. The number of rotatable bonds is 3. The van der Waals surface area contributed by atoms with Crippen LogP contribution in [0.2, 0.25) is 0 Å².